The van der Waals surface area contributed by atoms with E-state index >= 15 is 0 Å². The van der Waals surface area contributed by atoms with E-state index in [0.717, 1.165) is 18.7 Å². The molecule has 7 nitrogen and oxygen atoms in total. The number of likely N-dealkylation sites (tertiary alicyclic amines) is 1. The minimum absolute atomic E-state index is 0.0912. The molecule has 0 aliphatic carbocycles. The Balaban J connectivity index is 0.00000109. The van der Waals surface area contributed by atoms with Gasteiger partial charge in [-0.2, -0.15) is 0 Å². The van der Waals surface area contributed by atoms with Crippen molar-refractivity contribution in [2.24, 2.45) is 0 Å². The number of non-ortho nitro benzene ring substituents is 1. The summed E-state index contributed by atoms with van der Waals surface area (Å²) in [4.78, 5) is 26.6. The van der Waals surface area contributed by atoms with Gasteiger partial charge in [-0.05, 0) is 39.3 Å². The van der Waals surface area contributed by atoms with Gasteiger partial charge < -0.3 is 14.5 Å². The van der Waals surface area contributed by atoms with Crippen molar-refractivity contribution >= 4 is 17.5 Å². The summed E-state index contributed by atoms with van der Waals surface area (Å²) in [6.45, 7) is 11.0. The fourth-order valence-electron chi connectivity index (χ4n) is 3.29. The molecular weight excluding hydrogens is 322 g/mol. The van der Waals surface area contributed by atoms with Gasteiger partial charge in [0.05, 0.1) is 11.0 Å². The summed E-state index contributed by atoms with van der Waals surface area (Å²) in [5.41, 5.74) is 0.567. The Hall–Kier alpha value is -2.31. The number of hydrogen-bond donors (Lipinski definition) is 0. The van der Waals surface area contributed by atoms with Crippen LogP contribution in [0.2, 0.25) is 0 Å². The van der Waals surface area contributed by atoms with Gasteiger partial charge in [-0.3, -0.25) is 10.1 Å². The molecule has 2 unspecified atom stereocenters. The fraction of sp³-hybridized carbons (Fsp3) is 0.611. The molecule has 0 N–H and O–H groups in total. The Labute approximate surface area is 148 Å². The van der Waals surface area contributed by atoms with Gasteiger partial charge in [0.25, 0.3) is 5.69 Å². The molecule has 0 aromatic heterocycles. The monoisotopic (exact) mass is 349 g/mol. The summed E-state index contributed by atoms with van der Waals surface area (Å²) in [5, 5.41) is 10.7. The van der Waals surface area contributed by atoms with Crippen LogP contribution < -0.4 is 4.90 Å². The summed E-state index contributed by atoms with van der Waals surface area (Å²) in [5.74, 6) is 0. The predicted molar refractivity (Wildman–Crippen MR) is 96.9 cm³/mol. The standard InChI is InChI=1S/C16H21N3O4.C2H6/c1-16(2,3)23-15(20)18-10-13-8-14(18)9-17(13)11-4-6-12(7-5-11)19(21)22;1-2/h4-7,13-14H,8-10H2,1-3H3;1-2H3. The first-order valence-corrected chi connectivity index (χ1v) is 8.75. The van der Waals surface area contributed by atoms with Crippen molar-refractivity contribution in [2.45, 2.75) is 58.7 Å². The molecule has 3 rings (SSSR count). The van der Waals surface area contributed by atoms with Crippen LogP contribution in [0.25, 0.3) is 0 Å². The summed E-state index contributed by atoms with van der Waals surface area (Å²) < 4.78 is 5.45. The molecule has 1 aromatic carbocycles. The lowest BCUT2D eigenvalue weighted by Gasteiger charge is -2.36. The van der Waals surface area contributed by atoms with Gasteiger partial charge in [-0.15, -0.1) is 0 Å². The highest BCUT2D eigenvalue weighted by Gasteiger charge is 2.46. The van der Waals surface area contributed by atoms with Crippen molar-refractivity contribution in [3.8, 4) is 0 Å². The summed E-state index contributed by atoms with van der Waals surface area (Å²) in [7, 11) is 0. The van der Waals surface area contributed by atoms with Crippen molar-refractivity contribution in [3.63, 3.8) is 0 Å². The topological polar surface area (TPSA) is 75.9 Å². The molecule has 0 spiro atoms. The van der Waals surface area contributed by atoms with E-state index in [-0.39, 0.29) is 23.9 Å². The number of rotatable bonds is 2. The smallest absolute Gasteiger partial charge is 0.410 e. The number of amides is 1. The number of anilines is 1. The second kappa shape index (κ2) is 7.29. The molecule has 0 saturated carbocycles. The molecule has 2 saturated heterocycles. The van der Waals surface area contributed by atoms with Crippen molar-refractivity contribution in [1.82, 2.24) is 4.90 Å². The van der Waals surface area contributed by atoms with Gasteiger partial charge in [0, 0.05) is 37.0 Å². The molecule has 2 aliphatic rings. The van der Waals surface area contributed by atoms with Crippen LogP contribution in [-0.4, -0.2) is 46.7 Å². The first-order chi connectivity index (χ1) is 11.7. The van der Waals surface area contributed by atoms with E-state index in [0.29, 0.717) is 6.54 Å². The van der Waals surface area contributed by atoms with Gasteiger partial charge >= 0.3 is 6.09 Å². The molecule has 2 bridgehead atoms. The molecule has 1 aromatic rings. The molecular formula is C18H27N3O4. The van der Waals surface area contributed by atoms with E-state index in [1.54, 1.807) is 17.0 Å². The van der Waals surface area contributed by atoms with Crippen molar-refractivity contribution in [2.75, 3.05) is 18.0 Å². The molecule has 2 fully saturated rings. The number of carbonyl (C=O) groups excluding carboxylic acids is 1. The highest BCUT2D eigenvalue weighted by Crippen LogP contribution is 2.35. The molecule has 0 radical (unpaired) electrons. The number of fused-ring (bicyclic) bond motifs is 2. The lowest BCUT2D eigenvalue weighted by molar-refractivity contribution is -0.384. The zero-order chi connectivity index (χ0) is 18.8. The quantitative estimate of drug-likeness (QED) is 0.599. The van der Waals surface area contributed by atoms with E-state index in [2.05, 4.69) is 4.90 Å². The minimum atomic E-state index is -0.489. The highest BCUT2D eigenvalue weighted by atomic mass is 16.6. The lowest BCUT2D eigenvalue weighted by Crippen LogP contribution is -2.50. The zero-order valence-electron chi connectivity index (χ0n) is 15.6. The van der Waals surface area contributed by atoms with E-state index in [1.165, 1.54) is 12.1 Å². The molecule has 2 atom stereocenters. The van der Waals surface area contributed by atoms with Crippen LogP contribution in [0.15, 0.2) is 24.3 Å². The van der Waals surface area contributed by atoms with Crippen LogP contribution in [0.4, 0.5) is 16.2 Å². The largest absolute Gasteiger partial charge is 0.444 e. The third-order valence-corrected chi connectivity index (χ3v) is 4.26. The van der Waals surface area contributed by atoms with Gasteiger partial charge in [-0.1, -0.05) is 13.8 Å². The number of nitrogens with zero attached hydrogens (tertiary/aromatic N) is 3. The van der Waals surface area contributed by atoms with Crippen molar-refractivity contribution < 1.29 is 14.5 Å². The highest BCUT2D eigenvalue weighted by molar-refractivity contribution is 5.70. The second-order valence-corrected chi connectivity index (χ2v) is 7.10. The van der Waals surface area contributed by atoms with E-state index < -0.39 is 10.5 Å². The van der Waals surface area contributed by atoms with Crippen LogP contribution in [-0.2, 0) is 4.74 Å². The normalized spacial score (nSPS) is 21.6. The van der Waals surface area contributed by atoms with Crippen molar-refractivity contribution in [3.05, 3.63) is 34.4 Å². The van der Waals surface area contributed by atoms with Gasteiger partial charge in [0.15, 0.2) is 0 Å². The molecule has 1 amide bonds. The first kappa shape index (κ1) is 19.0. The fourth-order valence-corrected chi connectivity index (χ4v) is 3.29. The first-order valence-electron chi connectivity index (χ1n) is 8.75. The van der Waals surface area contributed by atoms with Crippen molar-refractivity contribution in [1.29, 1.82) is 0 Å². The van der Waals surface area contributed by atoms with Crippen LogP contribution >= 0.6 is 0 Å². The molecule has 138 valence electrons. The SMILES string of the molecule is CC.CC(C)(C)OC(=O)N1CC2CC1CN2c1ccc([N+](=O)[O-])cc1. The Morgan fingerprint density at radius 3 is 2.20 bits per heavy atom. The average molecular weight is 349 g/mol. The van der Waals surface area contributed by atoms with E-state index in [9.17, 15) is 14.9 Å². The molecule has 7 heteroatoms. The zero-order valence-corrected chi connectivity index (χ0v) is 15.6. The maximum Gasteiger partial charge on any atom is 0.410 e. The molecule has 25 heavy (non-hydrogen) atoms. The van der Waals surface area contributed by atoms with Crippen LogP contribution in [0.5, 0.6) is 0 Å². The third kappa shape index (κ3) is 4.21. The average Bonchev–Trinajstić information content (AvgIpc) is 3.16. The minimum Gasteiger partial charge on any atom is -0.444 e. The molecule has 2 heterocycles. The Morgan fingerprint density at radius 1 is 1.16 bits per heavy atom. The van der Waals surface area contributed by atoms with Crippen LogP contribution in [0, 0.1) is 10.1 Å². The predicted octanol–water partition coefficient (Wildman–Crippen LogP) is 3.82. The van der Waals surface area contributed by atoms with Gasteiger partial charge in [0.2, 0.25) is 0 Å². The maximum atomic E-state index is 12.2. The number of piperazine rings is 1. The van der Waals surface area contributed by atoms with Crippen LogP contribution in [0.3, 0.4) is 0 Å². The summed E-state index contributed by atoms with van der Waals surface area (Å²) >= 11 is 0. The second-order valence-electron chi connectivity index (χ2n) is 7.10. The van der Waals surface area contributed by atoms with E-state index in [4.69, 9.17) is 4.74 Å². The third-order valence-electron chi connectivity index (χ3n) is 4.26. The number of carbonyl (C=O) groups is 1. The van der Waals surface area contributed by atoms with Crippen LogP contribution in [0.1, 0.15) is 41.0 Å². The number of hydrogen-bond acceptors (Lipinski definition) is 5. The summed E-state index contributed by atoms with van der Waals surface area (Å²) in [6, 6.07) is 6.98. The maximum absolute atomic E-state index is 12.2. The summed E-state index contributed by atoms with van der Waals surface area (Å²) in [6.07, 6.45) is 0.657. The van der Waals surface area contributed by atoms with Gasteiger partial charge in [-0.25, -0.2) is 4.79 Å². The number of nitro benzene ring substituents is 1. The number of nitro groups is 1. The Bertz CT molecular complexity index is 624. The Morgan fingerprint density at radius 2 is 1.76 bits per heavy atom. The Kier molecular flexibility index (Phi) is 5.55. The van der Waals surface area contributed by atoms with Gasteiger partial charge in [0.1, 0.15) is 5.60 Å². The lowest BCUT2D eigenvalue weighted by atomic mass is 10.2. The number of ether oxygens (including phenoxy) is 1. The van der Waals surface area contributed by atoms with E-state index in [1.807, 2.05) is 34.6 Å². The molecule has 2 aliphatic heterocycles. The number of benzene rings is 1.